The third-order valence-electron chi connectivity index (χ3n) is 3.94. The summed E-state index contributed by atoms with van der Waals surface area (Å²) in [5.41, 5.74) is 2.61. The second-order valence-electron chi connectivity index (χ2n) is 5.97. The van der Waals surface area contributed by atoms with E-state index < -0.39 is 0 Å². The monoisotopic (exact) mass is 311 g/mol. The molecule has 0 saturated heterocycles. The molecule has 2 aromatic rings. The van der Waals surface area contributed by atoms with E-state index in [-0.39, 0.29) is 0 Å². The van der Waals surface area contributed by atoms with Gasteiger partial charge in [-0.3, -0.25) is 0 Å². The topological polar surface area (TPSA) is 21.3 Å². The maximum absolute atomic E-state index is 5.88. The molecule has 0 amide bonds. The van der Waals surface area contributed by atoms with Gasteiger partial charge >= 0.3 is 0 Å². The highest BCUT2D eigenvalue weighted by Crippen LogP contribution is 2.14. The van der Waals surface area contributed by atoms with Crippen LogP contribution in [0.4, 0.5) is 0 Å². The van der Waals surface area contributed by atoms with Crippen LogP contribution in [0.3, 0.4) is 0 Å². The smallest absolute Gasteiger partial charge is 0.119 e. The van der Waals surface area contributed by atoms with Gasteiger partial charge in [-0.2, -0.15) is 0 Å². The Morgan fingerprint density at radius 1 is 0.870 bits per heavy atom. The van der Waals surface area contributed by atoms with Crippen LogP contribution in [0.1, 0.15) is 43.7 Å². The van der Waals surface area contributed by atoms with E-state index in [4.69, 9.17) is 4.74 Å². The Morgan fingerprint density at radius 3 is 2.52 bits per heavy atom. The molecular weight excluding hydrogens is 282 g/mol. The van der Waals surface area contributed by atoms with Crippen molar-refractivity contribution in [3.63, 3.8) is 0 Å². The molecule has 2 aromatic carbocycles. The van der Waals surface area contributed by atoms with Gasteiger partial charge in [-0.25, -0.2) is 0 Å². The number of ether oxygens (including phenoxy) is 1. The molecule has 23 heavy (non-hydrogen) atoms. The Morgan fingerprint density at radius 2 is 1.70 bits per heavy atom. The molecule has 2 rings (SSSR count). The minimum absolute atomic E-state index is 0.720. The Bertz CT molecular complexity index is 539. The molecule has 2 heteroatoms. The average molecular weight is 311 g/mol. The molecule has 0 aromatic heterocycles. The molecule has 0 atom stereocenters. The second-order valence-corrected chi connectivity index (χ2v) is 5.97. The van der Waals surface area contributed by atoms with E-state index in [9.17, 15) is 0 Å². The quantitative estimate of drug-likeness (QED) is 0.591. The highest BCUT2D eigenvalue weighted by atomic mass is 16.5. The van der Waals surface area contributed by atoms with E-state index in [2.05, 4.69) is 54.7 Å². The van der Waals surface area contributed by atoms with Gasteiger partial charge in [-0.05, 0) is 36.2 Å². The van der Waals surface area contributed by atoms with E-state index in [1.54, 1.807) is 0 Å². The minimum atomic E-state index is 0.720. The Kier molecular flexibility index (Phi) is 8.28. The molecule has 0 spiro atoms. The van der Waals surface area contributed by atoms with Crippen molar-refractivity contribution in [2.45, 2.75) is 45.6 Å². The van der Waals surface area contributed by atoms with Gasteiger partial charge in [-0.1, -0.05) is 68.7 Å². The lowest BCUT2D eigenvalue weighted by Crippen LogP contribution is -2.14. The van der Waals surface area contributed by atoms with Gasteiger partial charge in [-0.15, -0.1) is 0 Å². The predicted molar refractivity (Wildman–Crippen MR) is 97.9 cm³/mol. The van der Waals surface area contributed by atoms with Crippen molar-refractivity contribution in [1.82, 2.24) is 5.32 Å². The standard InChI is InChI=1S/C21H29NO/c1-2-3-4-8-15-22-18-20-12-9-13-21(17-20)23-16-14-19-10-6-5-7-11-19/h5-7,9-13,17,22H,2-4,8,14-16,18H2,1H3. The Labute approximate surface area is 140 Å². The molecule has 2 nitrogen and oxygen atoms in total. The van der Waals surface area contributed by atoms with Gasteiger partial charge in [0.05, 0.1) is 6.61 Å². The van der Waals surface area contributed by atoms with Gasteiger partial charge in [0.25, 0.3) is 0 Å². The fourth-order valence-corrected chi connectivity index (χ4v) is 2.59. The van der Waals surface area contributed by atoms with Gasteiger partial charge in [0.2, 0.25) is 0 Å². The largest absolute Gasteiger partial charge is 0.493 e. The first-order chi connectivity index (χ1) is 11.4. The summed E-state index contributed by atoms with van der Waals surface area (Å²) in [6.45, 7) is 4.98. The van der Waals surface area contributed by atoms with Crippen LogP contribution in [0.5, 0.6) is 5.75 Å². The third kappa shape index (κ3) is 7.34. The summed E-state index contributed by atoms with van der Waals surface area (Å²) in [7, 11) is 0. The second kappa shape index (κ2) is 10.8. The lowest BCUT2D eigenvalue weighted by Gasteiger charge is -2.09. The van der Waals surface area contributed by atoms with E-state index in [1.165, 1.54) is 36.8 Å². The van der Waals surface area contributed by atoms with Crippen molar-refractivity contribution >= 4 is 0 Å². The maximum Gasteiger partial charge on any atom is 0.119 e. The highest BCUT2D eigenvalue weighted by molar-refractivity contribution is 5.28. The molecule has 124 valence electrons. The summed E-state index contributed by atoms with van der Waals surface area (Å²) in [5, 5.41) is 3.51. The van der Waals surface area contributed by atoms with Gasteiger partial charge in [0.1, 0.15) is 5.75 Å². The molecule has 0 fully saturated rings. The molecule has 0 saturated carbocycles. The molecule has 0 heterocycles. The van der Waals surface area contributed by atoms with E-state index in [0.29, 0.717) is 0 Å². The maximum atomic E-state index is 5.88. The van der Waals surface area contributed by atoms with Crippen LogP contribution in [0.25, 0.3) is 0 Å². The zero-order valence-electron chi connectivity index (χ0n) is 14.3. The van der Waals surface area contributed by atoms with E-state index in [0.717, 1.165) is 31.9 Å². The summed E-state index contributed by atoms with van der Waals surface area (Å²) in [6, 6.07) is 18.9. The first kappa shape index (κ1) is 17.6. The number of hydrogen-bond acceptors (Lipinski definition) is 2. The summed E-state index contributed by atoms with van der Waals surface area (Å²) in [5.74, 6) is 0.964. The van der Waals surface area contributed by atoms with Crippen molar-refractivity contribution in [3.8, 4) is 5.75 Å². The molecule has 0 radical (unpaired) electrons. The van der Waals surface area contributed by atoms with Gasteiger partial charge < -0.3 is 10.1 Å². The summed E-state index contributed by atoms with van der Waals surface area (Å²) in [6.07, 6.45) is 6.17. The SMILES string of the molecule is CCCCCCNCc1cccc(OCCc2ccccc2)c1. The lowest BCUT2D eigenvalue weighted by atomic mass is 10.1. The minimum Gasteiger partial charge on any atom is -0.493 e. The average Bonchev–Trinajstić information content (AvgIpc) is 2.59. The van der Waals surface area contributed by atoms with Crippen LogP contribution in [0, 0.1) is 0 Å². The van der Waals surface area contributed by atoms with Crippen LogP contribution < -0.4 is 10.1 Å². The van der Waals surface area contributed by atoms with Crippen LogP contribution in [0.15, 0.2) is 54.6 Å². The van der Waals surface area contributed by atoms with Gasteiger partial charge in [0, 0.05) is 13.0 Å². The van der Waals surface area contributed by atoms with Crippen LogP contribution in [-0.2, 0) is 13.0 Å². The predicted octanol–water partition coefficient (Wildman–Crippen LogP) is 4.98. The normalized spacial score (nSPS) is 10.7. The van der Waals surface area contributed by atoms with E-state index >= 15 is 0 Å². The molecular formula is C21H29NO. The highest BCUT2D eigenvalue weighted by Gasteiger charge is 1.98. The molecule has 0 bridgehead atoms. The Balaban J connectivity index is 1.67. The summed E-state index contributed by atoms with van der Waals surface area (Å²) in [4.78, 5) is 0. The fourth-order valence-electron chi connectivity index (χ4n) is 2.59. The van der Waals surface area contributed by atoms with Crippen molar-refractivity contribution in [1.29, 1.82) is 0 Å². The fraction of sp³-hybridized carbons (Fsp3) is 0.429. The van der Waals surface area contributed by atoms with Crippen molar-refractivity contribution in [3.05, 3.63) is 65.7 Å². The third-order valence-corrected chi connectivity index (χ3v) is 3.94. The van der Waals surface area contributed by atoms with E-state index in [1.807, 2.05) is 12.1 Å². The number of nitrogens with one attached hydrogen (secondary N) is 1. The van der Waals surface area contributed by atoms with Crippen molar-refractivity contribution < 1.29 is 4.74 Å². The summed E-state index contributed by atoms with van der Waals surface area (Å²) < 4.78 is 5.88. The Hall–Kier alpha value is -1.80. The lowest BCUT2D eigenvalue weighted by molar-refractivity contribution is 0.321. The molecule has 0 aliphatic heterocycles. The molecule has 0 unspecified atom stereocenters. The zero-order chi connectivity index (χ0) is 16.2. The van der Waals surface area contributed by atoms with Crippen molar-refractivity contribution in [2.75, 3.05) is 13.2 Å². The molecule has 0 aliphatic rings. The number of benzene rings is 2. The van der Waals surface area contributed by atoms with Crippen LogP contribution >= 0.6 is 0 Å². The molecule has 0 aliphatic carbocycles. The number of unbranched alkanes of at least 4 members (excludes halogenated alkanes) is 3. The molecule has 1 N–H and O–H groups in total. The van der Waals surface area contributed by atoms with Crippen molar-refractivity contribution in [2.24, 2.45) is 0 Å². The first-order valence-corrected chi connectivity index (χ1v) is 8.85. The van der Waals surface area contributed by atoms with Gasteiger partial charge in [0.15, 0.2) is 0 Å². The first-order valence-electron chi connectivity index (χ1n) is 8.85. The number of hydrogen-bond donors (Lipinski definition) is 1. The van der Waals surface area contributed by atoms with Crippen LogP contribution in [0.2, 0.25) is 0 Å². The number of rotatable bonds is 11. The van der Waals surface area contributed by atoms with Crippen LogP contribution in [-0.4, -0.2) is 13.2 Å². The zero-order valence-corrected chi connectivity index (χ0v) is 14.3. The summed E-state index contributed by atoms with van der Waals surface area (Å²) >= 11 is 0.